The fourth-order valence-corrected chi connectivity index (χ4v) is 7.25. The van der Waals surface area contributed by atoms with Crippen molar-refractivity contribution < 1.29 is 0 Å². The fraction of sp³-hybridized carbons (Fsp3) is 0.174. The van der Waals surface area contributed by atoms with Crippen LogP contribution in [0.4, 0.5) is 17.1 Å². The van der Waals surface area contributed by atoms with Crippen LogP contribution in [0.2, 0.25) is 0 Å². The second kappa shape index (κ2) is 12.4. The second-order valence-electron chi connectivity index (χ2n) is 15.3. The van der Waals surface area contributed by atoms with E-state index in [1.807, 2.05) is 29.2 Å². The molecule has 3 heterocycles. The SMILES string of the molecule is CC(C)(C)c1cccc(C(C)(C)C)c1N(c1cccc(-n2cc(-c3ccccc3)cn2)c1)c1ccc2c3ccccc3n(-c3ccccn3)c2c1. The summed E-state index contributed by atoms with van der Waals surface area (Å²) in [7, 11) is 0. The number of hydrogen-bond acceptors (Lipinski definition) is 3. The summed E-state index contributed by atoms with van der Waals surface area (Å²) in [6, 6.07) is 47.6. The minimum absolute atomic E-state index is 0.119. The van der Waals surface area contributed by atoms with Gasteiger partial charge in [0.15, 0.2) is 0 Å². The van der Waals surface area contributed by atoms with Gasteiger partial charge in [-0.2, -0.15) is 5.10 Å². The van der Waals surface area contributed by atoms with Gasteiger partial charge in [-0.1, -0.05) is 126 Å². The summed E-state index contributed by atoms with van der Waals surface area (Å²) in [5, 5.41) is 7.22. The third kappa shape index (κ3) is 5.89. The van der Waals surface area contributed by atoms with Gasteiger partial charge in [0.1, 0.15) is 5.82 Å². The van der Waals surface area contributed by atoms with Crippen molar-refractivity contribution >= 4 is 38.9 Å². The number of para-hydroxylation sites is 2. The molecular weight excluding hydrogens is 623 g/mol. The van der Waals surface area contributed by atoms with Crippen LogP contribution < -0.4 is 4.90 Å². The Labute approximate surface area is 300 Å². The molecule has 5 nitrogen and oxygen atoms in total. The molecule has 252 valence electrons. The van der Waals surface area contributed by atoms with Crippen LogP contribution in [0.25, 0.3) is 44.4 Å². The molecule has 0 saturated carbocycles. The molecule has 3 aromatic heterocycles. The minimum Gasteiger partial charge on any atom is -0.310 e. The van der Waals surface area contributed by atoms with Crippen LogP contribution in [0.15, 0.2) is 152 Å². The first kappa shape index (κ1) is 32.3. The molecule has 0 N–H and O–H groups in total. The van der Waals surface area contributed by atoms with E-state index in [4.69, 9.17) is 10.1 Å². The van der Waals surface area contributed by atoms with Gasteiger partial charge >= 0.3 is 0 Å². The summed E-state index contributed by atoms with van der Waals surface area (Å²) >= 11 is 0. The highest BCUT2D eigenvalue weighted by molar-refractivity contribution is 6.10. The number of fused-ring (bicyclic) bond motifs is 3. The molecule has 0 aliphatic rings. The summed E-state index contributed by atoms with van der Waals surface area (Å²) in [6.45, 7) is 13.9. The van der Waals surface area contributed by atoms with E-state index in [2.05, 4.69) is 179 Å². The first-order chi connectivity index (χ1) is 24.6. The summed E-state index contributed by atoms with van der Waals surface area (Å²) in [4.78, 5) is 7.28. The molecule has 0 amide bonds. The van der Waals surface area contributed by atoms with E-state index in [0.717, 1.165) is 45.0 Å². The Balaban J connectivity index is 1.40. The molecule has 0 aliphatic heterocycles. The average Bonchev–Trinajstić information content (AvgIpc) is 3.76. The number of rotatable bonds is 6. The van der Waals surface area contributed by atoms with Gasteiger partial charge in [-0.05, 0) is 76.1 Å². The number of benzene rings is 5. The predicted octanol–water partition coefficient (Wildman–Crippen LogP) is 12.1. The summed E-state index contributed by atoms with van der Waals surface area (Å²) < 4.78 is 4.27. The van der Waals surface area contributed by atoms with E-state index in [0.29, 0.717) is 0 Å². The fourth-order valence-electron chi connectivity index (χ4n) is 7.25. The van der Waals surface area contributed by atoms with Crippen LogP contribution in [-0.2, 0) is 10.8 Å². The zero-order chi connectivity index (χ0) is 35.3. The molecule has 0 saturated heterocycles. The maximum atomic E-state index is 4.82. The lowest BCUT2D eigenvalue weighted by Gasteiger charge is -2.37. The Hall–Kier alpha value is -5.94. The molecule has 0 fully saturated rings. The van der Waals surface area contributed by atoms with Crippen LogP contribution in [0, 0.1) is 0 Å². The van der Waals surface area contributed by atoms with E-state index in [1.54, 1.807) is 0 Å². The number of nitrogens with zero attached hydrogens (tertiary/aromatic N) is 5. The quantitative estimate of drug-likeness (QED) is 0.177. The van der Waals surface area contributed by atoms with E-state index in [-0.39, 0.29) is 10.8 Å². The van der Waals surface area contributed by atoms with Gasteiger partial charge in [0.2, 0.25) is 0 Å². The van der Waals surface area contributed by atoms with Crippen LogP contribution in [-0.4, -0.2) is 19.3 Å². The van der Waals surface area contributed by atoms with Crippen molar-refractivity contribution in [3.63, 3.8) is 0 Å². The summed E-state index contributed by atoms with van der Waals surface area (Å²) in [5.41, 5.74) is 11.2. The molecule has 51 heavy (non-hydrogen) atoms. The number of hydrogen-bond donors (Lipinski definition) is 0. The molecule has 0 aliphatic carbocycles. The molecule has 0 bridgehead atoms. The number of pyridine rings is 1. The Kier molecular flexibility index (Phi) is 7.87. The lowest BCUT2D eigenvalue weighted by atomic mass is 9.78. The molecular formula is C46H43N5. The Morgan fingerprint density at radius 1 is 0.549 bits per heavy atom. The summed E-state index contributed by atoms with van der Waals surface area (Å²) in [5.74, 6) is 0.896. The Bertz CT molecular complexity index is 2460. The topological polar surface area (TPSA) is 38.9 Å². The van der Waals surface area contributed by atoms with Gasteiger partial charge in [-0.25, -0.2) is 9.67 Å². The van der Waals surface area contributed by atoms with Crippen LogP contribution in [0.5, 0.6) is 0 Å². The normalized spacial score (nSPS) is 12.1. The summed E-state index contributed by atoms with van der Waals surface area (Å²) in [6.07, 6.45) is 5.92. The molecule has 5 heteroatoms. The van der Waals surface area contributed by atoms with Crippen LogP contribution >= 0.6 is 0 Å². The molecule has 5 aromatic carbocycles. The predicted molar refractivity (Wildman–Crippen MR) is 213 cm³/mol. The van der Waals surface area contributed by atoms with Crippen molar-refractivity contribution in [2.24, 2.45) is 0 Å². The maximum Gasteiger partial charge on any atom is 0.137 e. The van der Waals surface area contributed by atoms with E-state index >= 15 is 0 Å². The van der Waals surface area contributed by atoms with Crippen molar-refractivity contribution in [1.82, 2.24) is 19.3 Å². The van der Waals surface area contributed by atoms with Gasteiger partial charge in [0.25, 0.3) is 0 Å². The highest BCUT2D eigenvalue weighted by Crippen LogP contribution is 2.47. The largest absolute Gasteiger partial charge is 0.310 e. The van der Waals surface area contributed by atoms with Gasteiger partial charge in [-0.3, -0.25) is 4.57 Å². The van der Waals surface area contributed by atoms with Crippen molar-refractivity contribution in [1.29, 1.82) is 0 Å². The van der Waals surface area contributed by atoms with Gasteiger partial charge < -0.3 is 4.90 Å². The number of aromatic nitrogens is 4. The lowest BCUT2D eigenvalue weighted by Crippen LogP contribution is -2.24. The third-order valence-corrected chi connectivity index (χ3v) is 9.71. The first-order valence-electron chi connectivity index (χ1n) is 17.7. The van der Waals surface area contributed by atoms with Crippen molar-refractivity contribution in [3.8, 4) is 22.6 Å². The maximum absolute atomic E-state index is 4.82. The third-order valence-electron chi connectivity index (χ3n) is 9.71. The zero-order valence-corrected chi connectivity index (χ0v) is 30.2. The number of anilines is 3. The Morgan fingerprint density at radius 3 is 1.94 bits per heavy atom. The second-order valence-corrected chi connectivity index (χ2v) is 15.3. The van der Waals surface area contributed by atoms with Crippen molar-refractivity contribution in [2.75, 3.05) is 4.90 Å². The zero-order valence-electron chi connectivity index (χ0n) is 30.2. The van der Waals surface area contributed by atoms with E-state index in [9.17, 15) is 0 Å². The van der Waals surface area contributed by atoms with Crippen molar-refractivity contribution in [3.05, 3.63) is 163 Å². The highest BCUT2D eigenvalue weighted by Gasteiger charge is 2.30. The Morgan fingerprint density at radius 2 is 1.22 bits per heavy atom. The average molecular weight is 666 g/mol. The molecule has 0 spiro atoms. The van der Waals surface area contributed by atoms with Crippen LogP contribution in [0.1, 0.15) is 52.7 Å². The molecule has 8 rings (SSSR count). The minimum atomic E-state index is -0.119. The van der Waals surface area contributed by atoms with Gasteiger partial charge in [-0.15, -0.1) is 0 Å². The van der Waals surface area contributed by atoms with Gasteiger partial charge in [0.05, 0.1) is 28.6 Å². The highest BCUT2D eigenvalue weighted by atomic mass is 15.3. The van der Waals surface area contributed by atoms with E-state index in [1.165, 1.54) is 27.6 Å². The van der Waals surface area contributed by atoms with Crippen molar-refractivity contribution in [2.45, 2.75) is 52.4 Å². The first-order valence-corrected chi connectivity index (χ1v) is 17.7. The standard InChI is InChI=1S/C46H43N5/c1-45(2,3)39-21-15-22-40(46(4,5)6)44(39)50(35-19-14-18-34(28-35)49-31-33(30-48-49)32-16-8-7-9-17-32)36-25-26-38-37-20-10-11-23-41(37)51(42(38)29-36)43-24-12-13-27-47-43/h7-31H,1-6H3. The molecule has 0 unspecified atom stereocenters. The monoisotopic (exact) mass is 665 g/mol. The molecule has 8 aromatic rings. The van der Waals surface area contributed by atoms with Crippen LogP contribution in [0.3, 0.4) is 0 Å². The molecule has 0 atom stereocenters. The van der Waals surface area contributed by atoms with E-state index < -0.39 is 0 Å². The molecule has 0 radical (unpaired) electrons. The van der Waals surface area contributed by atoms with Gasteiger partial charge in [0, 0.05) is 40.1 Å². The lowest BCUT2D eigenvalue weighted by molar-refractivity contribution is 0.570. The smallest absolute Gasteiger partial charge is 0.137 e.